The maximum atomic E-state index is 6.13. The summed E-state index contributed by atoms with van der Waals surface area (Å²) in [5.74, 6) is 1.34. The van der Waals surface area contributed by atoms with Crippen molar-refractivity contribution in [2.45, 2.75) is 40.0 Å². The molecule has 0 spiro atoms. The molecule has 106 valence electrons. The Hall–Kier alpha value is -0.370. The first-order chi connectivity index (χ1) is 9.02. The van der Waals surface area contributed by atoms with Crippen molar-refractivity contribution in [2.75, 3.05) is 0 Å². The van der Waals surface area contributed by atoms with Crippen LogP contribution in [-0.4, -0.2) is 0 Å². The van der Waals surface area contributed by atoms with E-state index in [0.29, 0.717) is 15.8 Å². The molecule has 0 aliphatic carbocycles. The van der Waals surface area contributed by atoms with Crippen LogP contribution in [0.3, 0.4) is 0 Å². The van der Waals surface area contributed by atoms with Crippen molar-refractivity contribution in [2.24, 2.45) is 5.41 Å². The van der Waals surface area contributed by atoms with Gasteiger partial charge in [0, 0.05) is 16.0 Å². The molecule has 1 rings (SSSR count). The molecule has 0 N–H and O–H groups in total. The lowest BCUT2D eigenvalue weighted by atomic mass is 9.78. The first kappa shape index (κ1) is 16.7. The summed E-state index contributed by atoms with van der Waals surface area (Å²) in [7, 11) is 0. The summed E-state index contributed by atoms with van der Waals surface area (Å²) in [5.41, 5.74) is 1.46. The van der Waals surface area contributed by atoms with E-state index in [1.165, 1.54) is 5.54 Å². The van der Waals surface area contributed by atoms with Gasteiger partial charge in [0.1, 0.15) is 11.5 Å². The number of halogens is 3. The van der Waals surface area contributed by atoms with Gasteiger partial charge in [-0.2, -0.15) is 0 Å². The Labute approximate surface area is 130 Å². The van der Waals surface area contributed by atoms with Crippen molar-refractivity contribution < 1.29 is 4.74 Å². The van der Waals surface area contributed by atoms with Gasteiger partial charge in [-0.25, -0.2) is 0 Å². The molecule has 0 unspecified atom stereocenters. The fourth-order valence-electron chi connectivity index (χ4n) is 2.20. The molecule has 1 nitrogen and oxygen atoms in total. The van der Waals surface area contributed by atoms with Crippen molar-refractivity contribution in [1.29, 1.82) is 0 Å². The Morgan fingerprint density at radius 1 is 1.16 bits per heavy atom. The predicted molar refractivity (Wildman–Crippen MR) is 84.3 cm³/mol. The fraction of sp³-hybridized carbons (Fsp3) is 0.467. The third-order valence-corrected chi connectivity index (χ3v) is 4.49. The molecule has 1 aromatic carbocycles. The molecule has 0 heterocycles. The number of benzene rings is 1. The molecule has 0 bridgehead atoms. The third-order valence-electron chi connectivity index (χ3n) is 3.77. The van der Waals surface area contributed by atoms with Crippen molar-refractivity contribution in [3.63, 3.8) is 0 Å². The summed E-state index contributed by atoms with van der Waals surface area (Å²) in [4.78, 5) is 0. The van der Waals surface area contributed by atoms with Gasteiger partial charge < -0.3 is 4.74 Å². The molecule has 0 amide bonds. The van der Waals surface area contributed by atoms with Crippen LogP contribution in [0, 0.1) is 5.41 Å². The van der Waals surface area contributed by atoms with Crippen LogP contribution >= 0.6 is 34.8 Å². The van der Waals surface area contributed by atoms with E-state index >= 15 is 0 Å². The molecule has 0 fully saturated rings. The van der Waals surface area contributed by atoms with Crippen molar-refractivity contribution in [1.82, 2.24) is 0 Å². The molecule has 1 aromatic rings. The van der Waals surface area contributed by atoms with E-state index in [1.54, 1.807) is 18.2 Å². The molecule has 0 saturated carbocycles. The Morgan fingerprint density at radius 3 is 2.16 bits per heavy atom. The largest absolute Gasteiger partial charge is 0.459 e. The first-order valence-corrected chi connectivity index (χ1v) is 7.66. The second kappa shape index (κ2) is 7.42. The van der Waals surface area contributed by atoms with Gasteiger partial charge in [-0.05, 0) is 37.5 Å². The minimum atomic E-state index is -0.0509. The molecule has 0 aliphatic heterocycles. The van der Waals surface area contributed by atoms with E-state index in [0.717, 1.165) is 25.0 Å². The van der Waals surface area contributed by atoms with Crippen LogP contribution in [0.15, 0.2) is 29.5 Å². The zero-order valence-corrected chi connectivity index (χ0v) is 13.7. The Morgan fingerprint density at radius 2 is 1.74 bits per heavy atom. The summed E-state index contributed by atoms with van der Waals surface area (Å²) < 4.78 is 5.93. The summed E-state index contributed by atoms with van der Waals surface area (Å²) in [6.07, 6.45) is 2.89. The lowest BCUT2D eigenvalue weighted by molar-refractivity contribution is 0.209. The first-order valence-electron chi connectivity index (χ1n) is 6.46. The standard InChI is InChI=1S/C15H19Cl3O/c1-4-15(5-2,6-3)14(10-16)19-13-8-7-11(17)9-12(13)18/h7-10H,4-6H2,1-3H3/b14-10-. The average Bonchev–Trinajstić information content (AvgIpc) is 2.42. The van der Waals surface area contributed by atoms with Gasteiger partial charge in [0.2, 0.25) is 0 Å². The molecule has 19 heavy (non-hydrogen) atoms. The number of ether oxygens (including phenoxy) is 1. The molecule has 0 aliphatic rings. The van der Waals surface area contributed by atoms with E-state index in [1.807, 2.05) is 0 Å². The molecule has 0 saturated heterocycles. The SMILES string of the molecule is CCC(CC)(CC)/C(=C/Cl)Oc1ccc(Cl)cc1Cl. The Kier molecular flexibility index (Phi) is 6.52. The van der Waals surface area contributed by atoms with Crippen LogP contribution < -0.4 is 4.74 Å². The highest BCUT2D eigenvalue weighted by atomic mass is 35.5. The predicted octanol–water partition coefficient (Wildman–Crippen LogP) is 6.67. The van der Waals surface area contributed by atoms with Crippen LogP contribution in [0.2, 0.25) is 10.0 Å². The van der Waals surface area contributed by atoms with Gasteiger partial charge in [0.15, 0.2) is 0 Å². The molecular weight excluding hydrogens is 303 g/mol. The van der Waals surface area contributed by atoms with Gasteiger partial charge in [-0.1, -0.05) is 55.6 Å². The van der Waals surface area contributed by atoms with Crippen LogP contribution in [0.5, 0.6) is 5.75 Å². The number of hydrogen-bond donors (Lipinski definition) is 0. The van der Waals surface area contributed by atoms with Gasteiger partial charge in [0.05, 0.1) is 5.02 Å². The second-order valence-corrected chi connectivity index (χ2v) is 5.55. The van der Waals surface area contributed by atoms with Gasteiger partial charge in [-0.3, -0.25) is 0 Å². The second-order valence-electron chi connectivity index (χ2n) is 4.49. The lowest BCUT2D eigenvalue weighted by Gasteiger charge is -2.32. The summed E-state index contributed by atoms with van der Waals surface area (Å²) in [5, 5.41) is 1.07. The smallest absolute Gasteiger partial charge is 0.145 e. The van der Waals surface area contributed by atoms with E-state index in [-0.39, 0.29) is 5.41 Å². The van der Waals surface area contributed by atoms with Gasteiger partial charge in [0.25, 0.3) is 0 Å². The van der Waals surface area contributed by atoms with Crippen LogP contribution in [0.25, 0.3) is 0 Å². The third kappa shape index (κ3) is 3.81. The summed E-state index contributed by atoms with van der Waals surface area (Å²) in [6.45, 7) is 6.42. The monoisotopic (exact) mass is 320 g/mol. The molecule has 0 atom stereocenters. The number of rotatable bonds is 6. The molecule has 0 radical (unpaired) electrons. The molecule has 0 aromatic heterocycles. The van der Waals surface area contributed by atoms with Crippen molar-refractivity contribution in [3.05, 3.63) is 39.5 Å². The van der Waals surface area contributed by atoms with Crippen molar-refractivity contribution >= 4 is 34.8 Å². The quantitative estimate of drug-likeness (QED) is 0.532. The highest BCUT2D eigenvalue weighted by Crippen LogP contribution is 2.41. The fourth-order valence-corrected chi connectivity index (χ4v) is 2.92. The highest BCUT2D eigenvalue weighted by Gasteiger charge is 2.31. The van der Waals surface area contributed by atoms with Gasteiger partial charge in [-0.15, -0.1) is 0 Å². The minimum Gasteiger partial charge on any atom is -0.459 e. The van der Waals surface area contributed by atoms with Gasteiger partial charge >= 0.3 is 0 Å². The molecular formula is C15H19Cl3O. The van der Waals surface area contributed by atoms with E-state index in [2.05, 4.69) is 20.8 Å². The zero-order chi connectivity index (χ0) is 14.5. The minimum absolute atomic E-state index is 0.0509. The number of hydrogen-bond acceptors (Lipinski definition) is 1. The van der Waals surface area contributed by atoms with Crippen LogP contribution in [-0.2, 0) is 0 Å². The van der Waals surface area contributed by atoms with Crippen LogP contribution in [0.1, 0.15) is 40.0 Å². The Balaban J connectivity index is 3.06. The topological polar surface area (TPSA) is 9.23 Å². The van der Waals surface area contributed by atoms with E-state index in [9.17, 15) is 0 Å². The maximum Gasteiger partial charge on any atom is 0.145 e. The highest BCUT2D eigenvalue weighted by molar-refractivity contribution is 6.35. The zero-order valence-electron chi connectivity index (χ0n) is 11.5. The summed E-state index contributed by atoms with van der Waals surface area (Å²) in [6, 6.07) is 5.17. The maximum absolute atomic E-state index is 6.13. The lowest BCUT2D eigenvalue weighted by Crippen LogP contribution is -2.24. The van der Waals surface area contributed by atoms with Crippen molar-refractivity contribution in [3.8, 4) is 5.75 Å². The normalized spacial score (nSPS) is 12.6. The average molecular weight is 322 g/mol. The summed E-state index contributed by atoms with van der Waals surface area (Å²) >= 11 is 18.0. The number of allylic oxidation sites excluding steroid dienone is 1. The Bertz CT molecular complexity index is 442. The van der Waals surface area contributed by atoms with Crippen LogP contribution in [0.4, 0.5) is 0 Å². The molecule has 4 heteroatoms. The van der Waals surface area contributed by atoms with E-state index in [4.69, 9.17) is 39.5 Å². The van der Waals surface area contributed by atoms with E-state index < -0.39 is 0 Å².